The van der Waals surface area contributed by atoms with Crippen molar-refractivity contribution >= 4 is 38.6 Å². The average Bonchev–Trinajstić information content (AvgIpc) is 3.00. The molecule has 5 rings (SSSR count). The Bertz CT molecular complexity index is 1820. The molecule has 232 valence electrons. The minimum absolute atomic E-state index is 0.228. The molecule has 0 N–H and O–H groups in total. The van der Waals surface area contributed by atoms with Crippen molar-refractivity contribution in [3.63, 3.8) is 0 Å². The van der Waals surface area contributed by atoms with Gasteiger partial charge in [0, 0.05) is 20.9 Å². The number of carbonyl (C=O) groups excluding carboxylic acids is 1. The fourth-order valence-corrected chi connectivity index (χ4v) is 6.66. The van der Waals surface area contributed by atoms with Crippen LogP contribution in [0.2, 0.25) is 0 Å². The molecule has 13 heteroatoms. The summed E-state index contributed by atoms with van der Waals surface area (Å²) in [5, 5.41) is 0. The first-order chi connectivity index (χ1) is 21.2. The van der Waals surface area contributed by atoms with Gasteiger partial charge in [-0.3, -0.25) is 4.79 Å². The summed E-state index contributed by atoms with van der Waals surface area (Å²) in [6, 6.07) is 33.6. The minimum atomic E-state index is -6.09. The molecule has 0 aliphatic carbocycles. The topological polar surface area (TPSA) is 74.3 Å². The Hall–Kier alpha value is -4.04. The van der Waals surface area contributed by atoms with Gasteiger partial charge in [0.1, 0.15) is 17.5 Å². The normalized spacial score (nSPS) is 11.6. The number of benzene rings is 5. The molecule has 0 radical (unpaired) electrons. The van der Waals surface area contributed by atoms with Crippen LogP contribution in [-0.4, -0.2) is 24.3 Å². The zero-order valence-corrected chi connectivity index (χ0v) is 25.1. The predicted octanol–water partition coefficient (Wildman–Crippen LogP) is 8.63. The van der Waals surface area contributed by atoms with Crippen molar-refractivity contribution in [2.45, 2.75) is 30.0 Å². The van der Waals surface area contributed by atoms with E-state index < -0.39 is 32.3 Å². The molecule has 5 aromatic rings. The van der Waals surface area contributed by atoms with Crippen molar-refractivity contribution in [1.29, 1.82) is 0 Å². The molecule has 0 amide bonds. The van der Waals surface area contributed by atoms with Gasteiger partial charge in [0.15, 0.2) is 30.6 Å². The van der Waals surface area contributed by atoms with Crippen LogP contribution in [0.4, 0.5) is 26.3 Å². The van der Waals surface area contributed by atoms with Crippen LogP contribution < -0.4 is 0 Å². The second-order valence-electron chi connectivity index (χ2n) is 9.03. The maximum atomic E-state index is 14.9. The average molecular weight is 679 g/mol. The molecule has 0 unspecified atom stereocenters. The van der Waals surface area contributed by atoms with Gasteiger partial charge in [0.05, 0.1) is 10.9 Å². The van der Waals surface area contributed by atoms with Gasteiger partial charge in [-0.15, -0.1) is 0 Å². The molecule has 0 spiro atoms. The lowest BCUT2D eigenvalue weighted by molar-refractivity contribution is -0.0517. The molecule has 0 aliphatic rings. The molecule has 5 aromatic carbocycles. The van der Waals surface area contributed by atoms with Gasteiger partial charge in [-0.25, -0.2) is 21.6 Å². The van der Waals surface area contributed by atoms with E-state index in [-0.39, 0.29) is 17.4 Å². The summed E-state index contributed by atoms with van der Waals surface area (Å²) < 4.78 is 101. The Morgan fingerprint density at radius 1 is 0.644 bits per heavy atom. The van der Waals surface area contributed by atoms with Crippen LogP contribution in [0.1, 0.15) is 15.9 Å². The highest BCUT2D eigenvalue weighted by atomic mass is 32.2. The van der Waals surface area contributed by atoms with E-state index >= 15 is 0 Å². The Kier molecular flexibility index (Phi) is 10.8. The van der Waals surface area contributed by atoms with Crippen molar-refractivity contribution in [3.05, 3.63) is 150 Å². The molecule has 0 aliphatic heterocycles. The molecule has 45 heavy (non-hydrogen) atoms. The monoisotopic (exact) mass is 678 g/mol. The van der Waals surface area contributed by atoms with Gasteiger partial charge in [-0.05, 0) is 91.0 Å². The summed E-state index contributed by atoms with van der Waals surface area (Å²) in [6.07, 6.45) is 0. The second kappa shape index (κ2) is 14.4. The smallest absolute Gasteiger partial charge is 0.485 e. The largest absolute Gasteiger partial charge is 0.741 e. The maximum absolute atomic E-state index is 14.9. The third-order valence-corrected chi connectivity index (χ3v) is 9.76. The molecule has 0 bridgehead atoms. The van der Waals surface area contributed by atoms with E-state index in [1.54, 1.807) is 60.7 Å². The second-order valence-corrected chi connectivity index (χ2v) is 13.5. The standard InChI is InChI=1S/C31H20F3OS2.CHF3O3S/c32-23-7-13-26(14-8-23)37(27-15-9-24(33)10-16-27)28-17-11-25(12-18-28)36-30-19-6-22(20-29(30)34)31(35)21-4-2-1-3-5-21;2-1(3,4)8(5,6)7/h1-20H;(H,5,6,7)/q+1;/p-1. The van der Waals surface area contributed by atoms with E-state index in [2.05, 4.69) is 0 Å². The quantitative estimate of drug-likeness (QED) is 0.0567. The Labute approximate surface area is 261 Å². The molecule has 4 nitrogen and oxygen atoms in total. The van der Waals surface area contributed by atoms with Crippen LogP contribution in [-0.2, 0) is 21.0 Å². The first kappa shape index (κ1) is 33.8. The minimum Gasteiger partial charge on any atom is -0.741 e. The molecular formula is C32H20F6O4S3. The Morgan fingerprint density at radius 3 is 1.51 bits per heavy atom. The van der Waals surface area contributed by atoms with Crippen LogP contribution in [0.15, 0.2) is 146 Å². The van der Waals surface area contributed by atoms with Crippen LogP contribution in [0, 0.1) is 17.5 Å². The number of halogens is 6. The van der Waals surface area contributed by atoms with E-state index in [0.717, 1.165) is 19.6 Å². The van der Waals surface area contributed by atoms with Crippen molar-refractivity contribution in [1.82, 2.24) is 0 Å². The van der Waals surface area contributed by atoms with Gasteiger partial charge in [0.25, 0.3) is 0 Å². The van der Waals surface area contributed by atoms with Gasteiger partial charge < -0.3 is 4.55 Å². The number of ketones is 1. The highest BCUT2D eigenvalue weighted by molar-refractivity contribution is 7.99. The highest BCUT2D eigenvalue weighted by Crippen LogP contribution is 2.35. The van der Waals surface area contributed by atoms with Gasteiger partial charge in [0.2, 0.25) is 0 Å². The molecule has 0 heterocycles. The van der Waals surface area contributed by atoms with Crippen molar-refractivity contribution in [2.24, 2.45) is 0 Å². The van der Waals surface area contributed by atoms with Gasteiger partial charge >= 0.3 is 5.51 Å². The van der Waals surface area contributed by atoms with Crippen LogP contribution in [0.5, 0.6) is 0 Å². The third kappa shape index (κ3) is 9.01. The molecule has 0 saturated heterocycles. The summed E-state index contributed by atoms with van der Waals surface area (Å²) in [5.41, 5.74) is -4.84. The van der Waals surface area contributed by atoms with E-state index in [1.165, 1.54) is 42.1 Å². The van der Waals surface area contributed by atoms with E-state index in [9.17, 15) is 31.1 Å². The van der Waals surface area contributed by atoms with E-state index in [1.807, 2.05) is 30.3 Å². The lowest BCUT2D eigenvalue weighted by Gasteiger charge is -2.09. The van der Waals surface area contributed by atoms with E-state index in [0.29, 0.717) is 16.0 Å². The van der Waals surface area contributed by atoms with E-state index in [4.69, 9.17) is 13.0 Å². The number of carbonyl (C=O) groups is 1. The zero-order chi connectivity index (χ0) is 32.8. The highest BCUT2D eigenvalue weighted by Gasteiger charge is 2.37. The summed E-state index contributed by atoms with van der Waals surface area (Å²) in [4.78, 5) is 16.6. The summed E-state index contributed by atoms with van der Waals surface area (Å²) in [6.45, 7) is 0. The summed E-state index contributed by atoms with van der Waals surface area (Å²) in [5.74, 6) is -1.34. The summed E-state index contributed by atoms with van der Waals surface area (Å²) in [7, 11) is -6.66. The Morgan fingerprint density at radius 2 is 1.09 bits per heavy atom. The number of hydrogen-bond acceptors (Lipinski definition) is 5. The van der Waals surface area contributed by atoms with Crippen molar-refractivity contribution in [2.75, 3.05) is 0 Å². The SMILES string of the molecule is O=C(c1ccccc1)c1ccc(Sc2ccc([S+](c3ccc(F)cc3)c3ccc(F)cc3)cc2)c(F)c1.O=S(=O)([O-])C(F)(F)F. The fraction of sp³-hybridized carbons (Fsp3) is 0.0312. The van der Waals surface area contributed by atoms with Crippen molar-refractivity contribution < 1.29 is 44.1 Å². The Balaban J connectivity index is 0.000000510. The molecule has 0 saturated carbocycles. The summed E-state index contributed by atoms with van der Waals surface area (Å²) >= 11 is 1.26. The number of hydrogen-bond donors (Lipinski definition) is 0. The van der Waals surface area contributed by atoms with Crippen LogP contribution in [0.3, 0.4) is 0 Å². The molecular weight excluding hydrogens is 659 g/mol. The lowest BCUT2D eigenvalue weighted by Crippen LogP contribution is -2.21. The first-order valence-corrected chi connectivity index (χ1v) is 16.1. The van der Waals surface area contributed by atoms with Crippen LogP contribution in [0.25, 0.3) is 0 Å². The zero-order valence-electron chi connectivity index (χ0n) is 22.7. The first-order valence-electron chi connectivity index (χ1n) is 12.7. The third-order valence-electron chi connectivity index (χ3n) is 5.90. The molecule has 0 aromatic heterocycles. The van der Waals surface area contributed by atoms with Gasteiger partial charge in [-0.2, -0.15) is 13.2 Å². The molecule has 0 fully saturated rings. The fourth-order valence-electron chi connectivity index (χ4n) is 3.80. The number of rotatable bonds is 7. The van der Waals surface area contributed by atoms with Gasteiger partial charge in [-0.1, -0.05) is 42.1 Å². The predicted molar refractivity (Wildman–Crippen MR) is 158 cm³/mol. The van der Waals surface area contributed by atoms with Crippen LogP contribution >= 0.6 is 11.8 Å². The van der Waals surface area contributed by atoms with Crippen molar-refractivity contribution in [3.8, 4) is 0 Å². The maximum Gasteiger partial charge on any atom is 0.485 e. The lowest BCUT2D eigenvalue weighted by atomic mass is 10.0. The number of alkyl halides is 3. The molecule has 0 atom stereocenters.